The van der Waals surface area contributed by atoms with E-state index in [1.807, 2.05) is 13.8 Å². The van der Waals surface area contributed by atoms with E-state index in [0.29, 0.717) is 31.2 Å². The molecule has 2 atom stereocenters. The fourth-order valence-electron chi connectivity index (χ4n) is 6.80. The lowest BCUT2D eigenvalue weighted by Crippen LogP contribution is -2.25. The molecule has 1 aliphatic heterocycles. The van der Waals surface area contributed by atoms with Crippen molar-refractivity contribution < 1.29 is 18.9 Å². The normalized spacial score (nSPS) is 22.2. The first kappa shape index (κ1) is 26.4. The van der Waals surface area contributed by atoms with Crippen LogP contribution in [0.1, 0.15) is 66.0 Å². The minimum Gasteiger partial charge on any atom is -0.491 e. The van der Waals surface area contributed by atoms with Gasteiger partial charge in [-0.1, -0.05) is 24.3 Å². The highest BCUT2D eigenvalue weighted by atomic mass is 16.7. The SMILES string of the molecule is Cc1cc(OC[C@H]2COC(C)(C)O2)cc(C)c1-c1cccc(COc2ccc3c(c2)CC2(CC2)C3CN)c1C. The van der Waals surface area contributed by atoms with Crippen molar-refractivity contribution >= 4 is 0 Å². The van der Waals surface area contributed by atoms with E-state index in [9.17, 15) is 0 Å². The zero-order chi connectivity index (χ0) is 27.4. The standard InChI is InChI=1S/C34H41NO4/c1-21-13-27(37-19-28-20-38-33(4,5)39-28)14-22(2)32(21)29-8-6-7-24(23(29)3)18-36-26-9-10-30-25(15-26)16-34(11-12-34)31(30)17-35/h6-10,13-15,28,31H,11-12,16-20,35H2,1-5H3/t28-,31?/m0/s1. The van der Waals surface area contributed by atoms with E-state index in [0.717, 1.165) is 24.5 Å². The molecule has 2 aliphatic carbocycles. The number of nitrogens with two attached hydrogens (primary N) is 1. The van der Waals surface area contributed by atoms with Crippen LogP contribution in [-0.4, -0.2) is 31.6 Å². The molecule has 206 valence electrons. The van der Waals surface area contributed by atoms with Gasteiger partial charge >= 0.3 is 0 Å². The fraction of sp³-hybridized carbons (Fsp3) is 0.471. The number of aryl methyl sites for hydroxylation is 2. The third-order valence-electron chi connectivity index (χ3n) is 9.02. The smallest absolute Gasteiger partial charge is 0.163 e. The quantitative estimate of drug-likeness (QED) is 0.350. The molecule has 1 unspecified atom stereocenters. The Hall–Kier alpha value is -2.86. The van der Waals surface area contributed by atoms with Crippen LogP contribution in [0.25, 0.3) is 11.1 Å². The lowest BCUT2D eigenvalue weighted by molar-refractivity contribution is -0.141. The molecule has 2 N–H and O–H groups in total. The van der Waals surface area contributed by atoms with Gasteiger partial charge in [0.2, 0.25) is 0 Å². The van der Waals surface area contributed by atoms with E-state index < -0.39 is 5.79 Å². The highest BCUT2D eigenvalue weighted by Crippen LogP contribution is 2.62. The first-order valence-electron chi connectivity index (χ1n) is 14.3. The van der Waals surface area contributed by atoms with Gasteiger partial charge < -0.3 is 24.7 Å². The van der Waals surface area contributed by atoms with Gasteiger partial charge in [-0.3, -0.25) is 0 Å². The zero-order valence-electron chi connectivity index (χ0n) is 23.9. The monoisotopic (exact) mass is 527 g/mol. The van der Waals surface area contributed by atoms with Gasteiger partial charge in [0.05, 0.1) is 6.61 Å². The van der Waals surface area contributed by atoms with Gasteiger partial charge in [-0.2, -0.15) is 0 Å². The van der Waals surface area contributed by atoms with Gasteiger partial charge in [-0.15, -0.1) is 0 Å². The van der Waals surface area contributed by atoms with Crippen LogP contribution in [0, 0.1) is 26.2 Å². The average Bonchev–Trinajstić information content (AvgIpc) is 3.46. The Balaban J connectivity index is 1.16. The van der Waals surface area contributed by atoms with Gasteiger partial charge in [0, 0.05) is 5.92 Å². The fourth-order valence-corrected chi connectivity index (χ4v) is 6.80. The van der Waals surface area contributed by atoms with E-state index in [1.165, 1.54) is 57.3 Å². The van der Waals surface area contributed by atoms with E-state index >= 15 is 0 Å². The van der Waals surface area contributed by atoms with Gasteiger partial charge in [-0.25, -0.2) is 0 Å². The molecular weight excluding hydrogens is 486 g/mol. The van der Waals surface area contributed by atoms with E-state index in [1.54, 1.807) is 0 Å². The second-order valence-electron chi connectivity index (χ2n) is 12.3. The molecule has 5 nitrogen and oxygen atoms in total. The van der Waals surface area contributed by atoms with E-state index in [4.69, 9.17) is 24.7 Å². The van der Waals surface area contributed by atoms with Gasteiger partial charge in [0.1, 0.15) is 30.8 Å². The molecule has 0 bridgehead atoms. The molecule has 39 heavy (non-hydrogen) atoms. The zero-order valence-corrected chi connectivity index (χ0v) is 23.9. The Morgan fingerprint density at radius 1 is 0.949 bits per heavy atom. The van der Waals surface area contributed by atoms with Crippen LogP contribution in [0.3, 0.4) is 0 Å². The molecule has 1 spiro atoms. The molecule has 1 saturated carbocycles. The van der Waals surface area contributed by atoms with Crippen LogP contribution in [-0.2, 0) is 22.5 Å². The van der Waals surface area contributed by atoms with Crippen LogP contribution in [0.15, 0.2) is 48.5 Å². The Bertz CT molecular complexity index is 1370. The molecule has 3 aromatic rings. The predicted molar refractivity (Wildman–Crippen MR) is 154 cm³/mol. The van der Waals surface area contributed by atoms with Crippen LogP contribution >= 0.6 is 0 Å². The lowest BCUT2D eigenvalue weighted by atomic mass is 9.90. The summed E-state index contributed by atoms with van der Waals surface area (Å²) in [5.74, 6) is 1.78. The summed E-state index contributed by atoms with van der Waals surface area (Å²) in [5, 5.41) is 0. The molecule has 2 fully saturated rings. The minimum atomic E-state index is -0.538. The lowest BCUT2D eigenvalue weighted by Gasteiger charge is -2.19. The largest absolute Gasteiger partial charge is 0.491 e. The van der Waals surface area contributed by atoms with Crippen molar-refractivity contribution in [3.63, 3.8) is 0 Å². The van der Waals surface area contributed by atoms with Crippen LogP contribution in [0.2, 0.25) is 0 Å². The maximum atomic E-state index is 6.35. The van der Waals surface area contributed by atoms with Crippen molar-refractivity contribution in [2.75, 3.05) is 19.8 Å². The molecule has 0 amide bonds. The van der Waals surface area contributed by atoms with Crippen molar-refractivity contribution in [3.8, 4) is 22.6 Å². The average molecular weight is 528 g/mol. The summed E-state index contributed by atoms with van der Waals surface area (Å²) in [6.07, 6.45) is 3.70. The maximum Gasteiger partial charge on any atom is 0.163 e. The minimum absolute atomic E-state index is 0.0539. The molecule has 0 radical (unpaired) electrons. The highest BCUT2D eigenvalue weighted by molar-refractivity contribution is 5.75. The molecule has 5 heteroatoms. The summed E-state index contributed by atoms with van der Waals surface area (Å²) in [6.45, 7) is 12.7. The first-order valence-corrected chi connectivity index (χ1v) is 14.3. The topological polar surface area (TPSA) is 62.9 Å². The first-order chi connectivity index (χ1) is 18.7. The predicted octanol–water partition coefficient (Wildman–Crippen LogP) is 6.77. The van der Waals surface area contributed by atoms with Gasteiger partial charge in [0.15, 0.2) is 5.79 Å². The number of rotatable bonds is 8. The third kappa shape index (κ3) is 5.08. The summed E-state index contributed by atoms with van der Waals surface area (Å²) >= 11 is 0. The number of fused-ring (bicyclic) bond motifs is 1. The Kier molecular flexibility index (Phi) is 6.73. The van der Waals surface area contributed by atoms with Crippen LogP contribution in [0.5, 0.6) is 11.5 Å². The Labute approximate surface area is 232 Å². The van der Waals surface area contributed by atoms with Crippen molar-refractivity contribution in [3.05, 3.63) is 81.9 Å². The molecule has 1 saturated heterocycles. The second-order valence-corrected chi connectivity index (χ2v) is 12.3. The maximum absolute atomic E-state index is 6.35. The highest BCUT2D eigenvalue weighted by Gasteiger charge is 2.53. The summed E-state index contributed by atoms with van der Waals surface area (Å²) in [6, 6.07) is 17.4. The van der Waals surface area contributed by atoms with Gasteiger partial charge in [-0.05, 0) is 135 Å². The molecule has 0 aromatic heterocycles. The number of hydrogen-bond donors (Lipinski definition) is 1. The van der Waals surface area contributed by atoms with Gasteiger partial charge in [0.25, 0.3) is 0 Å². The van der Waals surface area contributed by atoms with Crippen LogP contribution in [0.4, 0.5) is 0 Å². The third-order valence-corrected chi connectivity index (χ3v) is 9.02. The summed E-state index contributed by atoms with van der Waals surface area (Å²) in [4.78, 5) is 0. The Morgan fingerprint density at radius 2 is 1.72 bits per heavy atom. The summed E-state index contributed by atoms with van der Waals surface area (Å²) in [7, 11) is 0. The van der Waals surface area contributed by atoms with Crippen molar-refractivity contribution in [1.29, 1.82) is 0 Å². The number of benzene rings is 3. The number of ether oxygens (including phenoxy) is 4. The van der Waals surface area contributed by atoms with Crippen molar-refractivity contribution in [2.24, 2.45) is 11.1 Å². The van der Waals surface area contributed by atoms with E-state index in [-0.39, 0.29) is 6.10 Å². The molecule has 6 rings (SSSR count). The summed E-state index contributed by atoms with van der Waals surface area (Å²) in [5.41, 5.74) is 16.8. The van der Waals surface area contributed by atoms with Crippen LogP contribution < -0.4 is 15.2 Å². The Morgan fingerprint density at radius 3 is 2.38 bits per heavy atom. The molecule has 3 aromatic carbocycles. The van der Waals surface area contributed by atoms with E-state index in [2.05, 4.69) is 69.3 Å². The molecular formula is C34H41NO4. The second kappa shape index (κ2) is 9.96. The molecule has 3 aliphatic rings. The molecule has 1 heterocycles. The summed E-state index contributed by atoms with van der Waals surface area (Å²) < 4.78 is 24.0. The van der Waals surface area contributed by atoms with Crippen molar-refractivity contribution in [1.82, 2.24) is 0 Å². The van der Waals surface area contributed by atoms with Crippen molar-refractivity contribution in [2.45, 2.75) is 78.3 Å². The number of hydrogen-bond acceptors (Lipinski definition) is 5.